The van der Waals surface area contributed by atoms with Crippen LogP contribution in [-0.4, -0.2) is 35.3 Å². The summed E-state index contributed by atoms with van der Waals surface area (Å²) < 4.78 is 5.46. The Bertz CT molecular complexity index is 767. The van der Waals surface area contributed by atoms with E-state index in [1.54, 1.807) is 18.3 Å². The number of piperidine rings is 1. The number of ketones is 1. The molecule has 3 unspecified atom stereocenters. The van der Waals surface area contributed by atoms with E-state index < -0.39 is 0 Å². The number of nitrogens with one attached hydrogen (secondary N) is 2. The van der Waals surface area contributed by atoms with Gasteiger partial charge in [0.2, 0.25) is 0 Å². The third-order valence-corrected chi connectivity index (χ3v) is 4.66. The van der Waals surface area contributed by atoms with Crippen LogP contribution in [-0.2, 0) is 0 Å². The fourth-order valence-corrected chi connectivity index (χ4v) is 3.49. The molecule has 2 aromatic rings. The topological polar surface area (TPSA) is 84.2 Å². The smallest absolute Gasteiger partial charge is 0.270 e. The number of fused-ring (bicyclic) bond motifs is 3. The molecule has 1 aliphatic carbocycles. The molecule has 2 aromatic heterocycles. The Morgan fingerprint density at radius 1 is 1.36 bits per heavy atom. The lowest BCUT2D eigenvalue weighted by atomic mass is 10.0. The summed E-state index contributed by atoms with van der Waals surface area (Å²) in [6, 6.07) is 4.01. The Hall–Kier alpha value is -2.21. The van der Waals surface area contributed by atoms with Gasteiger partial charge in [-0.1, -0.05) is 0 Å². The molecule has 1 amide bonds. The van der Waals surface area contributed by atoms with Crippen molar-refractivity contribution in [2.75, 3.05) is 6.54 Å². The highest BCUT2D eigenvalue weighted by molar-refractivity contribution is 5.98. The van der Waals surface area contributed by atoms with E-state index in [4.69, 9.17) is 4.42 Å². The molecule has 2 aliphatic rings. The highest BCUT2D eigenvalue weighted by Crippen LogP contribution is 2.31. The Morgan fingerprint density at radius 2 is 2.23 bits per heavy atom. The number of hydrogen-bond donors (Lipinski definition) is 2. The fourth-order valence-electron chi connectivity index (χ4n) is 3.49. The maximum absolute atomic E-state index is 12.4. The van der Waals surface area contributed by atoms with Crippen molar-refractivity contribution >= 4 is 22.7 Å². The van der Waals surface area contributed by atoms with Crippen LogP contribution in [0, 0.1) is 5.92 Å². The molecule has 2 fully saturated rings. The predicted molar refractivity (Wildman–Crippen MR) is 79.8 cm³/mol. The summed E-state index contributed by atoms with van der Waals surface area (Å²) in [4.78, 5) is 27.9. The van der Waals surface area contributed by atoms with Crippen LogP contribution >= 0.6 is 0 Å². The highest BCUT2D eigenvalue weighted by atomic mass is 16.3. The van der Waals surface area contributed by atoms with Crippen molar-refractivity contribution in [3.63, 3.8) is 0 Å². The van der Waals surface area contributed by atoms with Crippen LogP contribution in [0.2, 0.25) is 0 Å². The van der Waals surface area contributed by atoms with Gasteiger partial charge in [0.15, 0.2) is 11.5 Å². The van der Waals surface area contributed by atoms with Gasteiger partial charge >= 0.3 is 0 Å². The standard InChI is InChI=1S/C16H17N3O3/c1-8(20)14-3-10-7-18-13(5-15(10)22-14)16(21)19-12-4-11-2-9(12)6-17-11/h3,5,7,9,11-12,17H,2,4,6H2,1H3,(H,19,21). The highest BCUT2D eigenvalue weighted by Gasteiger charge is 2.40. The monoisotopic (exact) mass is 299 g/mol. The first-order valence-corrected chi connectivity index (χ1v) is 7.55. The molecular weight excluding hydrogens is 282 g/mol. The number of rotatable bonds is 3. The van der Waals surface area contributed by atoms with Gasteiger partial charge in [-0.05, 0) is 24.8 Å². The summed E-state index contributed by atoms with van der Waals surface area (Å²) >= 11 is 0. The molecule has 4 rings (SSSR count). The number of aromatic nitrogens is 1. The minimum atomic E-state index is -0.180. The van der Waals surface area contributed by atoms with E-state index in [1.807, 2.05) is 0 Å². The van der Waals surface area contributed by atoms with E-state index in [1.165, 1.54) is 6.92 Å². The van der Waals surface area contributed by atoms with Crippen LogP contribution in [0.1, 0.15) is 40.8 Å². The first-order chi connectivity index (χ1) is 10.6. The second-order valence-electron chi connectivity index (χ2n) is 6.19. The molecule has 2 bridgehead atoms. The molecule has 0 spiro atoms. The van der Waals surface area contributed by atoms with Gasteiger partial charge in [0, 0.05) is 43.2 Å². The zero-order valence-corrected chi connectivity index (χ0v) is 12.3. The van der Waals surface area contributed by atoms with E-state index >= 15 is 0 Å². The largest absolute Gasteiger partial charge is 0.453 e. The molecule has 114 valence electrons. The van der Waals surface area contributed by atoms with Gasteiger partial charge < -0.3 is 15.1 Å². The molecule has 6 heteroatoms. The van der Waals surface area contributed by atoms with E-state index in [9.17, 15) is 9.59 Å². The zero-order chi connectivity index (χ0) is 15.3. The van der Waals surface area contributed by atoms with Crippen LogP contribution in [0.3, 0.4) is 0 Å². The quantitative estimate of drug-likeness (QED) is 0.839. The minimum Gasteiger partial charge on any atom is -0.453 e. The first kappa shape index (κ1) is 13.5. The predicted octanol–water partition coefficient (Wildman–Crippen LogP) is 1.51. The summed E-state index contributed by atoms with van der Waals surface area (Å²) in [6.45, 7) is 2.42. The molecule has 6 nitrogen and oxygen atoms in total. The third-order valence-electron chi connectivity index (χ3n) is 4.66. The Labute approximate surface area is 127 Å². The third kappa shape index (κ3) is 2.20. The lowest BCUT2D eigenvalue weighted by Crippen LogP contribution is -2.44. The molecular formula is C16H17N3O3. The molecule has 0 radical (unpaired) electrons. The van der Waals surface area contributed by atoms with Crippen LogP contribution in [0.15, 0.2) is 22.7 Å². The van der Waals surface area contributed by atoms with E-state index in [0.29, 0.717) is 23.2 Å². The lowest BCUT2D eigenvalue weighted by molar-refractivity contribution is 0.0919. The van der Waals surface area contributed by atoms with Gasteiger partial charge in [-0.3, -0.25) is 14.6 Å². The lowest BCUT2D eigenvalue weighted by Gasteiger charge is -2.23. The van der Waals surface area contributed by atoms with Gasteiger partial charge in [0.25, 0.3) is 5.91 Å². The van der Waals surface area contributed by atoms with Gasteiger partial charge in [-0.25, -0.2) is 0 Å². The number of amides is 1. The average molecular weight is 299 g/mol. The summed E-state index contributed by atoms with van der Waals surface area (Å²) in [5.41, 5.74) is 0.840. The summed E-state index contributed by atoms with van der Waals surface area (Å²) in [6.07, 6.45) is 3.69. The Balaban J connectivity index is 1.55. The normalized spacial score (nSPS) is 26.5. The maximum Gasteiger partial charge on any atom is 0.270 e. The number of hydrogen-bond acceptors (Lipinski definition) is 5. The van der Waals surface area contributed by atoms with Crippen molar-refractivity contribution in [2.45, 2.75) is 31.8 Å². The van der Waals surface area contributed by atoms with Gasteiger partial charge in [-0.15, -0.1) is 0 Å². The fraction of sp³-hybridized carbons (Fsp3) is 0.438. The van der Waals surface area contributed by atoms with Crippen LogP contribution in [0.25, 0.3) is 11.0 Å². The molecule has 1 saturated heterocycles. The van der Waals surface area contributed by atoms with Crippen LogP contribution in [0.5, 0.6) is 0 Å². The van der Waals surface area contributed by atoms with Gasteiger partial charge in [0.1, 0.15) is 11.3 Å². The summed E-state index contributed by atoms with van der Waals surface area (Å²) in [7, 11) is 0. The van der Waals surface area contributed by atoms with E-state index in [0.717, 1.165) is 24.8 Å². The number of pyridine rings is 1. The van der Waals surface area contributed by atoms with Crippen molar-refractivity contribution < 1.29 is 14.0 Å². The van der Waals surface area contributed by atoms with Crippen LogP contribution in [0.4, 0.5) is 0 Å². The average Bonchev–Trinajstić information content (AvgIpc) is 3.20. The van der Waals surface area contributed by atoms with Crippen molar-refractivity contribution in [1.82, 2.24) is 15.6 Å². The van der Waals surface area contributed by atoms with Crippen molar-refractivity contribution in [2.24, 2.45) is 5.92 Å². The molecule has 1 saturated carbocycles. The Kier molecular flexibility index (Phi) is 3.00. The summed E-state index contributed by atoms with van der Waals surface area (Å²) in [5, 5.41) is 7.22. The maximum atomic E-state index is 12.4. The van der Waals surface area contributed by atoms with Crippen molar-refractivity contribution in [3.8, 4) is 0 Å². The van der Waals surface area contributed by atoms with Gasteiger partial charge in [0.05, 0.1) is 0 Å². The molecule has 0 aromatic carbocycles. The number of Topliss-reactive ketones (excluding diaryl/α,β-unsaturated/α-hetero) is 1. The minimum absolute atomic E-state index is 0.142. The first-order valence-electron chi connectivity index (χ1n) is 7.55. The molecule has 3 heterocycles. The molecule has 3 atom stereocenters. The van der Waals surface area contributed by atoms with Gasteiger partial charge in [-0.2, -0.15) is 0 Å². The summed E-state index contributed by atoms with van der Waals surface area (Å²) in [5.74, 6) is 0.482. The number of carbonyl (C=O) groups excluding carboxylic acids is 2. The number of nitrogens with zero attached hydrogens (tertiary/aromatic N) is 1. The molecule has 1 aliphatic heterocycles. The van der Waals surface area contributed by atoms with Crippen molar-refractivity contribution in [1.29, 1.82) is 0 Å². The van der Waals surface area contributed by atoms with E-state index in [-0.39, 0.29) is 23.5 Å². The van der Waals surface area contributed by atoms with Crippen LogP contribution < -0.4 is 10.6 Å². The second-order valence-corrected chi connectivity index (χ2v) is 6.19. The van der Waals surface area contributed by atoms with Crippen molar-refractivity contribution in [3.05, 3.63) is 29.8 Å². The number of furan rings is 1. The SMILES string of the molecule is CC(=O)c1cc2cnc(C(=O)NC3CC4CC3CN4)cc2o1. The number of carbonyl (C=O) groups is 2. The zero-order valence-electron chi connectivity index (χ0n) is 12.3. The molecule has 2 N–H and O–H groups in total. The Morgan fingerprint density at radius 3 is 2.91 bits per heavy atom. The molecule has 22 heavy (non-hydrogen) atoms. The second kappa shape index (κ2) is 4.91. The van der Waals surface area contributed by atoms with E-state index in [2.05, 4.69) is 15.6 Å².